The van der Waals surface area contributed by atoms with Crippen LogP contribution < -0.4 is 10.6 Å². The molecule has 3 atom stereocenters. The third-order valence-electron chi connectivity index (χ3n) is 5.22. The Morgan fingerprint density at radius 1 is 0.781 bits per heavy atom. The van der Waals surface area contributed by atoms with Crippen molar-refractivity contribution in [3.63, 3.8) is 0 Å². The Morgan fingerprint density at radius 2 is 1.31 bits per heavy atom. The van der Waals surface area contributed by atoms with Crippen molar-refractivity contribution in [2.24, 2.45) is 5.92 Å². The normalized spacial score (nSPS) is 13.3. The number of amides is 2. The van der Waals surface area contributed by atoms with E-state index in [9.17, 15) is 14.4 Å². The molecule has 0 saturated heterocycles. The van der Waals surface area contributed by atoms with E-state index in [2.05, 4.69) is 10.6 Å². The summed E-state index contributed by atoms with van der Waals surface area (Å²) in [6.45, 7) is 5.81. The molecule has 0 bridgehead atoms. The van der Waals surface area contributed by atoms with Crippen molar-refractivity contribution in [3.05, 3.63) is 71.8 Å². The maximum Gasteiger partial charge on any atom is 0.408 e. The molecule has 0 spiro atoms. The zero-order chi connectivity index (χ0) is 23.3. The largest absolute Gasteiger partial charge is 0.459 e. The molecule has 2 N–H and O–H groups in total. The van der Waals surface area contributed by atoms with Crippen molar-refractivity contribution in [1.82, 2.24) is 10.6 Å². The van der Waals surface area contributed by atoms with E-state index >= 15 is 0 Å². The van der Waals surface area contributed by atoms with Gasteiger partial charge in [-0.3, -0.25) is 4.79 Å². The lowest BCUT2D eigenvalue weighted by Gasteiger charge is -2.25. The van der Waals surface area contributed by atoms with E-state index in [-0.39, 0.29) is 19.1 Å². The Kier molecular flexibility index (Phi) is 10.2. The van der Waals surface area contributed by atoms with Gasteiger partial charge >= 0.3 is 12.1 Å². The summed E-state index contributed by atoms with van der Waals surface area (Å²) in [5, 5.41) is 5.32. The number of nitrogens with one attached hydrogen (secondary N) is 2. The fourth-order valence-electron chi connectivity index (χ4n) is 3.00. The summed E-state index contributed by atoms with van der Waals surface area (Å²) in [5.41, 5.74) is 1.71. The number of carbonyl (C=O) groups is 3. The molecule has 2 rings (SSSR count). The molecule has 172 valence electrons. The highest BCUT2D eigenvalue weighted by molar-refractivity contribution is 5.89. The third kappa shape index (κ3) is 8.06. The minimum Gasteiger partial charge on any atom is -0.459 e. The number of esters is 1. The lowest BCUT2D eigenvalue weighted by atomic mass is 9.98. The highest BCUT2D eigenvalue weighted by Gasteiger charge is 2.30. The van der Waals surface area contributed by atoms with Crippen LogP contribution in [-0.2, 0) is 32.3 Å². The van der Waals surface area contributed by atoms with Gasteiger partial charge in [-0.15, -0.1) is 0 Å². The zero-order valence-corrected chi connectivity index (χ0v) is 18.9. The molecule has 0 aliphatic carbocycles. The van der Waals surface area contributed by atoms with Crippen LogP contribution in [0.15, 0.2) is 60.7 Å². The molecule has 0 aromatic heterocycles. The van der Waals surface area contributed by atoms with E-state index in [1.807, 2.05) is 74.5 Å². The molecular formula is C25H32N2O5. The first kappa shape index (κ1) is 24.9. The Labute approximate surface area is 189 Å². The summed E-state index contributed by atoms with van der Waals surface area (Å²) >= 11 is 0. The fraction of sp³-hybridized carbons (Fsp3) is 0.400. The molecule has 0 fully saturated rings. The summed E-state index contributed by atoms with van der Waals surface area (Å²) in [4.78, 5) is 37.7. The monoisotopic (exact) mass is 440 g/mol. The van der Waals surface area contributed by atoms with E-state index in [0.29, 0.717) is 12.8 Å². The number of ether oxygens (including phenoxy) is 2. The van der Waals surface area contributed by atoms with Crippen molar-refractivity contribution >= 4 is 18.0 Å². The molecule has 7 nitrogen and oxygen atoms in total. The van der Waals surface area contributed by atoms with Gasteiger partial charge in [-0.1, -0.05) is 87.9 Å². The van der Waals surface area contributed by atoms with Crippen LogP contribution in [0.1, 0.15) is 44.7 Å². The van der Waals surface area contributed by atoms with Crippen LogP contribution >= 0.6 is 0 Å². The molecule has 0 aliphatic rings. The van der Waals surface area contributed by atoms with E-state index < -0.39 is 30.1 Å². The highest BCUT2D eigenvalue weighted by atomic mass is 16.5. The Morgan fingerprint density at radius 3 is 1.81 bits per heavy atom. The first-order valence-electron chi connectivity index (χ1n) is 10.9. The molecule has 2 aromatic carbocycles. The van der Waals surface area contributed by atoms with Gasteiger partial charge in [0, 0.05) is 0 Å². The minimum absolute atomic E-state index is 0.103. The number of carbonyl (C=O) groups excluding carboxylic acids is 3. The molecule has 3 unspecified atom stereocenters. The first-order chi connectivity index (χ1) is 15.4. The maximum atomic E-state index is 12.8. The molecule has 0 heterocycles. The van der Waals surface area contributed by atoms with Crippen molar-refractivity contribution in [2.75, 3.05) is 0 Å². The van der Waals surface area contributed by atoms with Gasteiger partial charge < -0.3 is 20.1 Å². The average Bonchev–Trinajstić information content (AvgIpc) is 2.83. The second kappa shape index (κ2) is 13.1. The fourth-order valence-corrected chi connectivity index (χ4v) is 3.00. The van der Waals surface area contributed by atoms with E-state index in [4.69, 9.17) is 9.47 Å². The maximum absolute atomic E-state index is 12.8. The SMILES string of the molecule is CCC(NC(=O)OCc1ccccc1)C(=O)NC(C(=O)OCc1ccccc1)C(C)CC. The Bertz CT molecular complexity index is 857. The van der Waals surface area contributed by atoms with Gasteiger partial charge in [-0.25, -0.2) is 9.59 Å². The predicted octanol–water partition coefficient (Wildman–Crippen LogP) is 3.97. The van der Waals surface area contributed by atoms with Crippen molar-refractivity contribution in [2.45, 2.75) is 58.9 Å². The number of alkyl carbamates (subject to hydrolysis) is 1. The van der Waals surface area contributed by atoms with Crippen molar-refractivity contribution in [1.29, 1.82) is 0 Å². The van der Waals surface area contributed by atoms with Crippen LogP contribution in [-0.4, -0.2) is 30.1 Å². The quantitative estimate of drug-likeness (QED) is 0.516. The number of benzene rings is 2. The first-order valence-corrected chi connectivity index (χ1v) is 10.9. The predicted molar refractivity (Wildman–Crippen MR) is 121 cm³/mol. The van der Waals surface area contributed by atoms with Gasteiger partial charge in [0.15, 0.2) is 0 Å². The number of hydrogen-bond acceptors (Lipinski definition) is 5. The van der Waals surface area contributed by atoms with Gasteiger partial charge in [0.2, 0.25) is 5.91 Å². The molecule has 7 heteroatoms. The molecule has 32 heavy (non-hydrogen) atoms. The number of hydrogen-bond donors (Lipinski definition) is 2. The molecule has 0 aliphatic heterocycles. The Balaban J connectivity index is 1.92. The van der Waals surface area contributed by atoms with E-state index in [1.54, 1.807) is 6.92 Å². The molecular weight excluding hydrogens is 408 g/mol. The summed E-state index contributed by atoms with van der Waals surface area (Å²) in [6, 6.07) is 17.0. The minimum atomic E-state index is -0.827. The van der Waals surface area contributed by atoms with Crippen LogP contribution in [0.4, 0.5) is 4.79 Å². The van der Waals surface area contributed by atoms with Crippen molar-refractivity contribution in [3.8, 4) is 0 Å². The van der Waals surface area contributed by atoms with Gasteiger partial charge in [-0.2, -0.15) is 0 Å². The van der Waals surface area contributed by atoms with Gasteiger partial charge in [0.05, 0.1) is 0 Å². The van der Waals surface area contributed by atoms with Crippen LogP contribution in [0.25, 0.3) is 0 Å². The summed E-state index contributed by atoms with van der Waals surface area (Å²) in [6.07, 6.45) is 0.329. The lowest BCUT2D eigenvalue weighted by Crippen LogP contribution is -2.53. The topological polar surface area (TPSA) is 93.7 Å². The van der Waals surface area contributed by atoms with Crippen LogP contribution in [0.3, 0.4) is 0 Å². The van der Waals surface area contributed by atoms with Crippen LogP contribution in [0.5, 0.6) is 0 Å². The van der Waals surface area contributed by atoms with Crippen molar-refractivity contribution < 1.29 is 23.9 Å². The molecule has 2 amide bonds. The smallest absolute Gasteiger partial charge is 0.408 e. The van der Waals surface area contributed by atoms with E-state index in [0.717, 1.165) is 11.1 Å². The van der Waals surface area contributed by atoms with Gasteiger partial charge in [0.25, 0.3) is 0 Å². The second-order valence-corrected chi connectivity index (χ2v) is 7.63. The Hall–Kier alpha value is -3.35. The highest BCUT2D eigenvalue weighted by Crippen LogP contribution is 2.12. The molecule has 0 radical (unpaired) electrons. The summed E-state index contributed by atoms with van der Waals surface area (Å²) < 4.78 is 10.6. The summed E-state index contributed by atoms with van der Waals surface area (Å²) in [5.74, 6) is -1.09. The lowest BCUT2D eigenvalue weighted by molar-refractivity contribution is -0.150. The molecule has 0 saturated carbocycles. The van der Waals surface area contributed by atoms with E-state index in [1.165, 1.54) is 0 Å². The van der Waals surface area contributed by atoms with Crippen LogP contribution in [0, 0.1) is 5.92 Å². The van der Waals surface area contributed by atoms with Gasteiger partial charge in [-0.05, 0) is 23.5 Å². The molecule has 2 aromatic rings. The zero-order valence-electron chi connectivity index (χ0n) is 18.9. The standard InChI is InChI=1S/C25H32N2O5/c1-4-18(3)22(24(29)31-16-19-12-8-6-9-13-19)27-23(28)21(5-2)26-25(30)32-17-20-14-10-7-11-15-20/h6-15,18,21-22H,4-5,16-17H2,1-3H3,(H,26,30)(H,27,28). The summed E-state index contributed by atoms with van der Waals surface area (Å²) in [7, 11) is 0. The van der Waals surface area contributed by atoms with Gasteiger partial charge in [0.1, 0.15) is 25.3 Å². The second-order valence-electron chi connectivity index (χ2n) is 7.63. The van der Waals surface area contributed by atoms with Crippen LogP contribution in [0.2, 0.25) is 0 Å². The third-order valence-corrected chi connectivity index (χ3v) is 5.22. The average molecular weight is 441 g/mol. The number of rotatable bonds is 11.